The number of rotatable bonds is 6. The minimum atomic E-state index is -3.08. The molecule has 0 spiro atoms. The minimum absolute atomic E-state index is 0.0236. The van der Waals surface area contributed by atoms with Crippen molar-refractivity contribution in [3.8, 4) is 17.1 Å². The Labute approximate surface area is 152 Å². The first-order valence-electron chi connectivity index (χ1n) is 8.70. The normalized spacial score (nSPS) is 21.7. The van der Waals surface area contributed by atoms with Crippen LogP contribution in [0.1, 0.15) is 19.1 Å². The Morgan fingerprint density at radius 2 is 2.04 bits per heavy atom. The third-order valence-corrected chi connectivity index (χ3v) is 6.09. The summed E-state index contributed by atoms with van der Waals surface area (Å²) in [6, 6.07) is 5.73. The highest BCUT2D eigenvalue weighted by Crippen LogP contribution is 2.29. The molecule has 0 N–H and O–H groups in total. The van der Waals surface area contributed by atoms with E-state index in [1.807, 2.05) is 22.9 Å². The zero-order valence-electron chi connectivity index (χ0n) is 14.6. The SMILES string of the molecule is CS(=O)(=O)N1CCC(COc2ccc(-c3ccnn3C3CO3)nc2)CC1. The lowest BCUT2D eigenvalue weighted by Gasteiger charge is -2.29. The number of pyridine rings is 1. The fourth-order valence-corrected chi connectivity index (χ4v) is 4.04. The quantitative estimate of drug-likeness (QED) is 0.708. The third-order valence-electron chi connectivity index (χ3n) is 4.79. The molecular weight excluding hydrogens is 356 g/mol. The van der Waals surface area contributed by atoms with E-state index < -0.39 is 10.0 Å². The average molecular weight is 378 g/mol. The summed E-state index contributed by atoms with van der Waals surface area (Å²) in [5.74, 6) is 1.08. The number of ether oxygens (including phenoxy) is 2. The Morgan fingerprint density at radius 1 is 1.27 bits per heavy atom. The molecule has 2 fully saturated rings. The van der Waals surface area contributed by atoms with Crippen molar-refractivity contribution in [2.24, 2.45) is 5.92 Å². The van der Waals surface area contributed by atoms with Crippen molar-refractivity contribution in [2.45, 2.75) is 19.1 Å². The maximum Gasteiger partial charge on any atom is 0.211 e. The molecule has 2 aliphatic heterocycles. The molecule has 26 heavy (non-hydrogen) atoms. The Morgan fingerprint density at radius 3 is 2.65 bits per heavy atom. The van der Waals surface area contributed by atoms with E-state index in [0.29, 0.717) is 38.0 Å². The van der Waals surface area contributed by atoms with Gasteiger partial charge in [0.1, 0.15) is 5.75 Å². The second kappa shape index (κ2) is 6.98. The van der Waals surface area contributed by atoms with Gasteiger partial charge in [0, 0.05) is 19.3 Å². The summed E-state index contributed by atoms with van der Waals surface area (Å²) in [4.78, 5) is 4.47. The van der Waals surface area contributed by atoms with Gasteiger partial charge < -0.3 is 9.47 Å². The Hall–Kier alpha value is -1.97. The van der Waals surface area contributed by atoms with Crippen LogP contribution in [0.2, 0.25) is 0 Å². The summed E-state index contributed by atoms with van der Waals surface area (Å²) in [5, 5.41) is 4.27. The molecule has 2 saturated heterocycles. The van der Waals surface area contributed by atoms with Crippen LogP contribution in [-0.4, -0.2) is 60.0 Å². The fourth-order valence-electron chi connectivity index (χ4n) is 3.17. The van der Waals surface area contributed by atoms with Gasteiger partial charge in [-0.15, -0.1) is 0 Å². The van der Waals surface area contributed by atoms with Crippen LogP contribution in [-0.2, 0) is 14.8 Å². The fraction of sp³-hybridized carbons (Fsp3) is 0.529. The van der Waals surface area contributed by atoms with Crippen molar-refractivity contribution in [1.82, 2.24) is 19.1 Å². The molecule has 0 aromatic carbocycles. The first-order valence-corrected chi connectivity index (χ1v) is 10.5. The van der Waals surface area contributed by atoms with E-state index in [1.165, 1.54) is 10.6 Å². The van der Waals surface area contributed by atoms with Crippen LogP contribution >= 0.6 is 0 Å². The number of epoxide rings is 1. The molecular formula is C17H22N4O4S. The molecule has 0 amide bonds. The molecule has 0 bridgehead atoms. The molecule has 140 valence electrons. The Bertz CT molecular complexity index is 853. The molecule has 1 atom stereocenters. The van der Waals surface area contributed by atoms with Gasteiger partial charge in [0.25, 0.3) is 0 Å². The Balaban J connectivity index is 1.32. The lowest BCUT2D eigenvalue weighted by Crippen LogP contribution is -2.39. The highest BCUT2D eigenvalue weighted by molar-refractivity contribution is 7.88. The van der Waals surface area contributed by atoms with Gasteiger partial charge in [0.05, 0.1) is 37.1 Å². The third kappa shape index (κ3) is 3.89. The lowest BCUT2D eigenvalue weighted by molar-refractivity contribution is 0.185. The van der Waals surface area contributed by atoms with E-state index in [4.69, 9.17) is 9.47 Å². The van der Waals surface area contributed by atoms with E-state index in [-0.39, 0.29) is 6.23 Å². The number of aromatic nitrogens is 3. The molecule has 1 unspecified atom stereocenters. The molecule has 2 aromatic rings. The summed E-state index contributed by atoms with van der Waals surface area (Å²) < 4.78 is 37.6. The van der Waals surface area contributed by atoms with Crippen LogP contribution < -0.4 is 4.74 Å². The van der Waals surface area contributed by atoms with Crippen molar-refractivity contribution in [3.05, 3.63) is 30.6 Å². The highest BCUT2D eigenvalue weighted by atomic mass is 32.2. The summed E-state index contributed by atoms with van der Waals surface area (Å²) in [7, 11) is -3.08. The molecule has 4 rings (SSSR count). The number of nitrogens with zero attached hydrogens (tertiary/aromatic N) is 4. The Kier molecular flexibility index (Phi) is 4.68. The van der Waals surface area contributed by atoms with E-state index in [2.05, 4.69) is 10.1 Å². The van der Waals surface area contributed by atoms with E-state index in [1.54, 1.807) is 12.4 Å². The van der Waals surface area contributed by atoms with Crippen molar-refractivity contribution in [1.29, 1.82) is 0 Å². The average Bonchev–Trinajstić information content (AvgIpc) is 3.37. The van der Waals surface area contributed by atoms with Gasteiger partial charge >= 0.3 is 0 Å². The monoisotopic (exact) mass is 378 g/mol. The van der Waals surface area contributed by atoms with Gasteiger partial charge in [0.2, 0.25) is 10.0 Å². The van der Waals surface area contributed by atoms with Crippen LogP contribution in [0.3, 0.4) is 0 Å². The predicted molar refractivity (Wildman–Crippen MR) is 95.1 cm³/mol. The molecule has 0 saturated carbocycles. The first-order chi connectivity index (χ1) is 12.5. The van der Waals surface area contributed by atoms with Crippen LogP contribution in [0.25, 0.3) is 11.4 Å². The standard InChI is InChI=1S/C17H22N4O4S/c1-26(22,23)20-8-5-13(6-9-20)11-24-14-2-3-15(18-10-14)16-4-7-19-21(16)17-12-25-17/h2-4,7,10,13,17H,5-6,8-9,11-12H2,1H3. The maximum atomic E-state index is 11.5. The van der Waals surface area contributed by atoms with Gasteiger partial charge in [-0.3, -0.25) is 4.98 Å². The van der Waals surface area contributed by atoms with Crippen LogP contribution in [0.5, 0.6) is 5.75 Å². The number of piperidine rings is 1. The number of hydrogen-bond acceptors (Lipinski definition) is 6. The minimum Gasteiger partial charge on any atom is -0.492 e. The van der Waals surface area contributed by atoms with E-state index in [0.717, 1.165) is 24.2 Å². The van der Waals surface area contributed by atoms with Crippen molar-refractivity contribution < 1.29 is 17.9 Å². The van der Waals surface area contributed by atoms with Crippen molar-refractivity contribution in [2.75, 3.05) is 32.6 Å². The van der Waals surface area contributed by atoms with Crippen molar-refractivity contribution >= 4 is 10.0 Å². The predicted octanol–water partition coefficient (Wildman–Crippen LogP) is 1.52. The molecule has 9 heteroatoms. The lowest BCUT2D eigenvalue weighted by atomic mass is 9.99. The topological polar surface area (TPSA) is 89.9 Å². The van der Waals surface area contributed by atoms with E-state index in [9.17, 15) is 8.42 Å². The zero-order valence-corrected chi connectivity index (χ0v) is 15.4. The van der Waals surface area contributed by atoms with Gasteiger partial charge in [-0.25, -0.2) is 17.4 Å². The smallest absolute Gasteiger partial charge is 0.211 e. The first kappa shape index (κ1) is 17.4. The summed E-state index contributed by atoms with van der Waals surface area (Å²) in [6.45, 7) is 2.40. The van der Waals surface area contributed by atoms with Crippen LogP contribution in [0.4, 0.5) is 0 Å². The maximum absolute atomic E-state index is 11.5. The largest absolute Gasteiger partial charge is 0.492 e. The molecule has 8 nitrogen and oxygen atoms in total. The van der Waals surface area contributed by atoms with E-state index >= 15 is 0 Å². The van der Waals surface area contributed by atoms with Gasteiger partial charge in [0.15, 0.2) is 6.23 Å². The highest BCUT2D eigenvalue weighted by Gasteiger charge is 2.28. The summed E-state index contributed by atoms with van der Waals surface area (Å²) >= 11 is 0. The molecule has 0 aliphatic carbocycles. The van der Waals surface area contributed by atoms with Gasteiger partial charge in [-0.2, -0.15) is 5.10 Å². The van der Waals surface area contributed by atoms with Crippen molar-refractivity contribution in [3.63, 3.8) is 0 Å². The van der Waals surface area contributed by atoms with Gasteiger partial charge in [-0.05, 0) is 37.0 Å². The number of hydrogen-bond donors (Lipinski definition) is 0. The molecule has 4 heterocycles. The zero-order chi connectivity index (χ0) is 18.1. The summed E-state index contributed by atoms with van der Waals surface area (Å²) in [5.41, 5.74) is 1.75. The second-order valence-corrected chi connectivity index (χ2v) is 8.73. The summed E-state index contributed by atoms with van der Waals surface area (Å²) in [6.07, 6.45) is 6.38. The van der Waals surface area contributed by atoms with Crippen LogP contribution in [0, 0.1) is 5.92 Å². The second-order valence-electron chi connectivity index (χ2n) is 6.74. The molecule has 2 aliphatic rings. The number of sulfonamides is 1. The molecule has 2 aromatic heterocycles. The van der Waals surface area contributed by atoms with Gasteiger partial charge in [-0.1, -0.05) is 0 Å². The molecule has 0 radical (unpaired) electrons. The van der Waals surface area contributed by atoms with Crippen LogP contribution in [0.15, 0.2) is 30.6 Å².